The minimum absolute atomic E-state index is 0.244. The molecule has 0 aliphatic heterocycles. The van der Waals surface area contributed by atoms with Gasteiger partial charge >= 0.3 is 0 Å². The molecule has 1 aromatic heterocycles. The fourth-order valence-corrected chi connectivity index (χ4v) is 2.20. The molecule has 1 aromatic carbocycles. The number of anilines is 1. The van der Waals surface area contributed by atoms with Gasteiger partial charge in [0.05, 0.1) is 0 Å². The SMILES string of the molecule is CNc1nc(-c2ccc(O)cc2)nc(C)c1C(C)C. The van der Waals surface area contributed by atoms with Gasteiger partial charge < -0.3 is 10.4 Å². The third-order valence-corrected chi connectivity index (χ3v) is 3.08. The van der Waals surface area contributed by atoms with E-state index in [1.54, 1.807) is 12.1 Å². The highest BCUT2D eigenvalue weighted by atomic mass is 16.3. The van der Waals surface area contributed by atoms with Crippen LogP contribution in [0.25, 0.3) is 11.4 Å². The Hall–Kier alpha value is -2.10. The highest BCUT2D eigenvalue weighted by Crippen LogP contribution is 2.28. The molecule has 0 fully saturated rings. The van der Waals surface area contributed by atoms with E-state index in [9.17, 15) is 5.11 Å². The molecule has 4 nitrogen and oxygen atoms in total. The van der Waals surface area contributed by atoms with Gasteiger partial charge in [0.2, 0.25) is 0 Å². The fraction of sp³-hybridized carbons (Fsp3) is 0.333. The molecule has 0 aliphatic carbocycles. The van der Waals surface area contributed by atoms with E-state index in [0.29, 0.717) is 11.7 Å². The molecule has 2 rings (SSSR count). The molecule has 0 amide bonds. The summed E-state index contributed by atoms with van der Waals surface area (Å²) in [6, 6.07) is 6.92. The van der Waals surface area contributed by atoms with Crippen LogP contribution in [0.3, 0.4) is 0 Å². The number of nitrogens with one attached hydrogen (secondary N) is 1. The molecular formula is C15H19N3O. The van der Waals surface area contributed by atoms with E-state index in [0.717, 1.165) is 22.6 Å². The number of aryl methyl sites for hydroxylation is 1. The maximum Gasteiger partial charge on any atom is 0.161 e. The highest BCUT2D eigenvalue weighted by molar-refractivity contribution is 5.61. The summed E-state index contributed by atoms with van der Waals surface area (Å²) >= 11 is 0. The van der Waals surface area contributed by atoms with Crippen LogP contribution < -0.4 is 5.32 Å². The third-order valence-electron chi connectivity index (χ3n) is 3.08. The fourth-order valence-electron chi connectivity index (χ4n) is 2.20. The number of hydrogen-bond acceptors (Lipinski definition) is 4. The molecule has 0 aliphatic rings. The van der Waals surface area contributed by atoms with Crippen LogP contribution in [0.1, 0.15) is 31.0 Å². The number of phenols is 1. The minimum Gasteiger partial charge on any atom is -0.508 e. The second kappa shape index (κ2) is 5.26. The summed E-state index contributed by atoms with van der Waals surface area (Å²) in [6.45, 7) is 6.27. The Morgan fingerprint density at radius 3 is 2.26 bits per heavy atom. The number of aromatic hydroxyl groups is 1. The van der Waals surface area contributed by atoms with E-state index < -0.39 is 0 Å². The van der Waals surface area contributed by atoms with E-state index in [1.807, 2.05) is 26.1 Å². The van der Waals surface area contributed by atoms with Crippen molar-refractivity contribution in [2.45, 2.75) is 26.7 Å². The molecule has 0 saturated carbocycles. The molecule has 0 bridgehead atoms. The van der Waals surface area contributed by atoms with Crippen LogP contribution in [0, 0.1) is 6.92 Å². The zero-order valence-corrected chi connectivity index (χ0v) is 11.7. The lowest BCUT2D eigenvalue weighted by Crippen LogP contribution is -2.06. The molecule has 2 N–H and O–H groups in total. The summed E-state index contributed by atoms with van der Waals surface area (Å²) in [7, 11) is 1.87. The summed E-state index contributed by atoms with van der Waals surface area (Å²) in [5, 5.41) is 12.5. The van der Waals surface area contributed by atoms with Crippen molar-refractivity contribution in [3.63, 3.8) is 0 Å². The van der Waals surface area contributed by atoms with E-state index in [4.69, 9.17) is 0 Å². The monoisotopic (exact) mass is 257 g/mol. The molecule has 0 saturated heterocycles. The smallest absolute Gasteiger partial charge is 0.161 e. The van der Waals surface area contributed by atoms with Crippen LogP contribution in [0.2, 0.25) is 0 Å². The van der Waals surface area contributed by atoms with Crippen molar-refractivity contribution in [3.8, 4) is 17.1 Å². The van der Waals surface area contributed by atoms with Crippen LogP contribution in [-0.2, 0) is 0 Å². The molecule has 0 radical (unpaired) electrons. The largest absolute Gasteiger partial charge is 0.508 e. The lowest BCUT2D eigenvalue weighted by molar-refractivity contribution is 0.475. The highest BCUT2D eigenvalue weighted by Gasteiger charge is 2.14. The summed E-state index contributed by atoms with van der Waals surface area (Å²) in [4.78, 5) is 9.14. The molecule has 0 spiro atoms. The molecule has 1 heterocycles. The summed E-state index contributed by atoms with van der Waals surface area (Å²) < 4.78 is 0. The topological polar surface area (TPSA) is 58.0 Å². The summed E-state index contributed by atoms with van der Waals surface area (Å²) in [5.74, 6) is 2.15. The van der Waals surface area contributed by atoms with Gasteiger partial charge in [0.25, 0.3) is 0 Å². The lowest BCUT2D eigenvalue weighted by atomic mass is 10.0. The molecule has 100 valence electrons. The first-order valence-electron chi connectivity index (χ1n) is 6.38. The quantitative estimate of drug-likeness (QED) is 0.885. The Kier molecular flexibility index (Phi) is 3.69. The van der Waals surface area contributed by atoms with Crippen LogP contribution in [0.5, 0.6) is 5.75 Å². The summed E-state index contributed by atoms with van der Waals surface area (Å²) in [5.41, 5.74) is 3.02. The number of rotatable bonds is 3. The van der Waals surface area contributed by atoms with Crippen molar-refractivity contribution >= 4 is 5.82 Å². The average molecular weight is 257 g/mol. The van der Waals surface area contributed by atoms with Gasteiger partial charge in [0, 0.05) is 23.9 Å². The normalized spacial score (nSPS) is 10.8. The van der Waals surface area contributed by atoms with Gasteiger partial charge in [-0.3, -0.25) is 0 Å². The Bertz CT molecular complexity index is 577. The van der Waals surface area contributed by atoms with Gasteiger partial charge in [0.1, 0.15) is 11.6 Å². The van der Waals surface area contributed by atoms with E-state index in [1.165, 1.54) is 0 Å². The Labute approximate surface area is 113 Å². The molecule has 2 aromatic rings. The minimum atomic E-state index is 0.244. The van der Waals surface area contributed by atoms with Crippen molar-refractivity contribution in [1.29, 1.82) is 0 Å². The summed E-state index contributed by atoms with van der Waals surface area (Å²) in [6.07, 6.45) is 0. The van der Waals surface area contributed by atoms with E-state index in [-0.39, 0.29) is 5.75 Å². The number of benzene rings is 1. The van der Waals surface area contributed by atoms with Crippen molar-refractivity contribution in [2.24, 2.45) is 0 Å². The second-order valence-corrected chi connectivity index (χ2v) is 4.85. The Morgan fingerprint density at radius 2 is 1.74 bits per heavy atom. The number of aromatic nitrogens is 2. The standard InChI is InChI=1S/C15H19N3O/c1-9(2)13-10(3)17-14(18-15(13)16-4)11-5-7-12(19)8-6-11/h5-9,19H,1-4H3,(H,16,17,18). The molecular weight excluding hydrogens is 238 g/mol. The van der Waals surface area contributed by atoms with Gasteiger partial charge in [-0.1, -0.05) is 13.8 Å². The Morgan fingerprint density at radius 1 is 1.11 bits per heavy atom. The van der Waals surface area contributed by atoms with Crippen molar-refractivity contribution in [2.75, 3.05) is 12.4 Å². The first-order chi connectivity index (χ1) is 9.02. The van der Waals surface area contributed by atoms with Gasteiger partial charge in [-0.05, 0) is 37.1 Å². The van der Waals surface area contributed by atoms with Crippen molar-refractivity contribution in [3.05, 3.63) is 35.5 Å². The molecule has 4 heteroatoms. The molecule has 0 atom stereocenters. The van der Waals surface area contributed by atoms with Crippen molar-refractivity contribution in [1.82, 2.24) is 9.97 Å². The van der Waals surface area contributed by atoms with E-state index in [2.05, 4.69) is 29.1 Å². The van der Waals surface area contributed by atoms with Gasteiger partial charge in [0.15, 0.2) is 5.82 Å². The van der Waals surface area contributed by atoms with Crippen LogP contribution in [-0.4, -0.2) is 22.1 Å². The maximum absolute atomic E-state index is 9.32. The predicted octanol–water partition coefficient (Wildman–Crippen LogP) is 3.32. The number of phenolic OH excluding ortho intramolecular Hbond substituents is 1. The van der Waals surface area contributed by atoms with Crippen LogP contribution in [0.15, 0.2) is 24.3 Å². The number of nitrogens with zero attached hydrogens (tertiary/aromatic N) is 2. The second-order valence-electron chi connectivity index (χ2n) is 4.85. The lowest BCUT2D eigenvalue weighted by Gasteiger charge is -2.15. The van der Waals surface area contributed by atoms with Gasteiger partial charge in [-0.25, -0.2) is 9.97 Å². The zero-order valence-electron chi connectivity index (χ0n) is 11.7. The first-order valence-corrected chi connectivity index (χ1v) is 6.38. The van der Waals surface area contributed by atoms with Crippen molar-refractivity contribution < 1.29 is 5.11 Å². The third kappa shape index (κ3) is 2.67. The average Bonchev–Trinajstić information content (AvgIpc) is 2.38. The number of hydrogen-bond donors (Lipinski definition) is 2. The van der Waals surface area contributed by atoms with Crippen LogP contribution >= 0.6 is 0 Å². The maximum atomic E-state index is 9.32. The Balaban J connectivity index is 2.54. The van der Waals surface area contributed by atoms with E-state index >= 15 is 0 Å². The molecule has 19 heavy (non-hydrogen) atoms. The van der Waals surface area contributed by atoms with Gasteiger partial charge in [-0.2, -0.15) is 0 Å². The first kappa shape index (κ1) is 13.3. The molecule has 0 unspecified atom stereocenters. The van der Waals surface area contributed by atoms with Crippen LogP contribution in [0.4, 0.5) is 5.82 Å². The predicted molar refractivity (Wildman–Crippen MR) is 77.5 cm³/mol. The zero-order chi connectivity index (χ0) is 14.0. The van der Waals surface area contributed by atoms with Gasteiger partial charge in [-0.15, -0.1) is 0 Å².